The third-order valence-corrected chi connectivity index (χ3v) is 1.91. The SMILES string of the molecule is CCNOC(=O)N(CC)c1ccccc1. The number of carbonyl (C=O) groups is 1. The molecule has 0 saturated heterocycles. The van der Waals surface area contributed by atoms with Crippen LogP contribution in [0.4, 0.5) is 10.5 Å². The molecule has 0 spiro atoms. The van der Waals surface area contributed by atoms with Crippen molar-refractivity contribution in [2.24, 2.45) is 0 Å². The van der Waals surface area contributed by atoms with Gasteiger partial charge in [0, 0.05) is 18.8 Å². The second kappa shape index (κ2) is 6.03. The summed E-state index contributed by atoms with van der Waals surface area (Å²) >= 11 is 0. The van der Waals surface area contributed by atoms with Crippen LogP contribution < -0.4 is 10.4 Å². The Morgan fingerprint density at radius 3 is 2.53 bits per heavy atom. The number of anilines is 1. The highest BCUT2D eigenvalue weighted by molar-refractivity contribution is 5.87. The molecule has 0 heterocycles. The van der Waals surface area contributed by atoms with E-state index < -0.39 is 0 Å². The average Bonchev–Trinajstić information content (AvgIpc) is 2.29. The molecule has 0 aromatic heterocycles. The van der Waals surface area contributed by atoms with Gasteiger partial charge >= 0.3 is 6.09 Å². The van der Waals surface area contributed by atoms with E-state index in [-0.39, 0.29) is 6.09 Å². The summed E-state index contributed by atoms with van der Waals surface area (Å²) in [6.07, 6.45) is -0.384. The highest BCUT2D eigenvalue weighted by Gasteiger charge is 2.14. The maximum atomic E-state index is 11.6. The van der Waals surface area contributed by atoms with E-state index in [9.17, 15) is 4.79 Å². The third-order valence-electron chi connectivity index (χ3n) is 1.91. The molecular formula is C11H16N2O2. The Bertz CT molecular complexity index is 301. The molecule has 0 aliphatic carbocycles. The lowest BCUT2D eigenvalue weighted by Gasteiger charge is -2.19. The van der Waals surface area contributed by atoms with Gasteiger partial charge in [0.2, 0.25) is 0 Å². The number of rotatable bonds is 4. The lowest BCUT2D eigenvalue weighted by molar-refractivity contribution is 0.0993. The van der Waals surface area contributed by atoms with Crippen molar-refractivity contribution in [2.75, 3.05) is 18.0 Å². The van der Waals surface area contributed by atoms with E-state index in [4.69, 9.17) is 4.84 Å². The highest BCUT2D eigenvalue weighted by Crippen LogP contribution is 2.13. The van der Waals surface area contributed by atoms with E-state index in [1.54, 1.807) is 4.90 Å². The van der Waals surface area contributed by atoms with Crippen LogP contribution in [0, 0.1) is 0 Å². The fraction of sp³-hybridized carbons (Fsp3) is 0.364. The summed E-state index contributed by atoms with van der Waals surface area (Å²) in [5.41, 5.74) is 3.38. The molecule has 4 heteroatoms. The zero-order chi connectivity index (χ0) is 11.1. The van der Waals surface area contributed by atoms with Gasteiger partial charge in [0.1, 0.15) is 0 Å². The van der Waals surface area contributed by atoms with Gasteiger partial charge in [-0.15, -0.1) is 0 Å². The molecule has 15 heavy (non-hydrogen) atoms. The third kappa shape index (κ3) is 3.25. The molecular weight excluding hydrogens is 192 g/mol. The summed E-state index contributed by atoms with van der Waals surface area (Å²) in [6.45, 7) is 4.94. The summed E-state index contributed by atoms with van der Waals surface area (Å²) in [5, 5.41) is 0. The Morgan fingerprint density at radius 2 is 2.00 bits per heavy atom. The molecule has 4 nitrogen and oxygen atoms in total. The van der Waals surface area contributed by atoms with Crippen molar-refractivity contribution in [3.05, 3.63) is 30.3 Å². The van der Waals surface area contributed by atoms with Crippen LogP contribution >= 0.6 is 0 Å². The highest BCUT2D eigenvalue weighted by atomic mass is 16.7. The van der Waals surface area contributed by atoms with Gasteiger partial charge in [0.05, 0.1) is 0 Å². The molecule has 0 unspecified atom stereocenters. The van der Waals surface area contributed by atoms with E-state index in [2.05, 4.69) is 5.48 Å². The van der Waals surface area contributed by atoms with Crippen molar-refractivity contribution >= 4 is 11.8 Å². The number of amides is 1. The minimum atomic E-state index is -0.384. The van der Waals surface area contributed by atoms with Crippen molar-refractivity contribution in [1.82, 2.24) is 5.48 Å². The molecule has 1 amide bonds. The van der Waals surface area contributed by atoms with Gasteiger partial charge in [0.15, 0.2) is 0 Å². The Morgan fingerprint density at radius 1 is 1.33 bits per heavy atom. The fourth-order valence-electron chi connectivity index (χ4n) is 1.21. The average molecular weight is 208 g/mol. The Hall–Kier alpha value is -1.55. The van der Waals surface area contributed by atoms with Crippen LogP contribution in [0.5, 0.6) is 0 Å². The molecule has 0 radical (unpaired) electrons. The molecule has 82 valence electrons. The van der Waals surface area contributed by atoms with Gasteiger partial charge in [-0.2, -0.15) is 5.48 Å². The Balaban J connectivity index is 2.67. The van der Waals surface area contributed by atoms with Crippen LogP contribution in [0.25, 0.3) is 0 Å². The van der Waals surface area contributed by atoms with Crippen LogP contribution in [-0.2, 0) is 4.84 Å². The van der Waals surface area contributed by atoms with Gasteiger partial charge in [-0.05, 0) is 26.0 Å². The monoisotopic (exact) mass is 208 g/mol. The predicted molar refractivity (Wildman–Crippen MR) is 59.6 cm³/mol. The lowest BCUT2D eigenvalue weighted by Crippen LogP contribution is -2.35. The van der Waals surface area contributed by atoms with Gasteiger partial charge in [-0.1, -0.05) is 18.2 Å². The number of hydrogen-bond acceptors (Lipinski definition) is 3. The molecule has 0 aliphatic heterocycles. The number of para-hydroxylation sites is 1. The molecule has 1 N–H and O–H groups in total. The van der Waals surface area contributed by atoms with Crippen molar-refractivity contribution < 1.29 is 9.63 Å². The second-order valence-electron chi connectivity index (χ2n) is 2.95. The molecule has 1 aromatic carbocycles. The van der Waals surface area contributed by atoms with Gasteiger partial charge in [-0.3, -0.25) is 4.90 Å². The van der Waals surface area contributed by atoms with E-state index in [1.165, 1.54) is 0 Å². The van der Waals surface area contributed by atoms with Crippen molar-refractivity contribution in [1.29, 1.82) is 0 Å². The number of benzene rings is 1. The van der Waals surface area contributed by atoms with Crippen LogP contribution in [0.2, 0.25) is 0 Å². The van der Waals surface area contributed by atoms with Gasteiger partial charge in [-0.25, -0.2) is 4.79 Å². The molecule has 0 fully saturated rings. The largest absolute Gasteiger partial charge is 0.433 e. The van der Waals surface area contributed by atoms with Crippen LogP contribution in [0.15, 0.2) is 30.3 Å². The van der Waals surface area contributed by atoms with E-state index in [0.717, 1.165) is 5.69 Å². The molecule has 1 aromatic rings. The molecule has 0 aliphatic rings. The van der Waals surface area contributed by atoms with E-state index in [0.29, 0.717) is 13.1 Å². The maximum absolute atomic E-state index is 11.6. The fourth-order valence-corrected chi connectivity index (χ4v) is 1.21. The number of nitrogens with one attached hydrogen (secondary N) is 1. The van der Waals surface area contributed by atoms with Crippen molar-refractivity contribution in [3.8, 4) is 0 Å². The smallest absolute Gasteiger partial charge is 0.353 e. The maximum Gasteiger partial charge on any atom is 0.433 e. The van der Waals surface area contributed by atoms with Crippen molar-refractivity contribution in [2.45, 2.75) is 13.8 Å². The topological polar surface area (TPSA) is 41.6 Å². The zero-order valence-electron chi connectivity index (χ0n) is 9.06. The summed E-state index contributed by atoms with van der Waals surface area (Å²) < 4.78 is 0. The molecule has 0 saturated carbocycles. The number of nitrogens with zero attached hydrogens (tertiary/aromatic N) is 1. The quantitative estimate of drug-likeness (QED) is 0.771. The minimum absolute atomic E-state index is 0.384. The normalized spacial score (nSPS) is 9.73. The van der Waals surface area contributed by atoms with Crippen LogP contribution in [-0.4, -0.2) is 19.2 Å². The Labute approximate surface area is 89.8 Å². The summed E-state index contributed by atoms with van der Waals surface area (Å²) in [7, 11) is 0. The minimum Gasteiger partial charge on any atom is -0.353 e. The van der Waals surface area contributed by atoms with Crippen LogP contribution in [0.3, 0.4) is 0 Å². The number of hydroxylamine groups is 1. The Kier molecular flexibility index (Phi) is 4.63. The molecule has 0 bridgehead atoms. The van der Waals surface area contributed by atoms with E-state index in [1.807, 2.05) is 44.2 Å². The first-order valence-corrected chi connectivity index (χ1v) is 5.05. The first-order chi connectivity index (χ1) is 7.29. The van der Waals surface area contributed by atoms with Crippen LogP contribution in [0.1, 0.15) is 13.8 Å². The summed E-state index contributed by atoms with van der Waals surface area (Å²) in [6, 6.07) is 9.43. The summed E-state index contributed by atoms with van der Waals surface area (Å²) in [4.78, 5) is 18.0. The number of hydrogen-bond donors (Lipinski definition) is 1. The number of carbonyl (C=O) groups excluding carboxylic acids is 1. The van der Waals surface area contributed by atoms with E-state index >= 15 is 0 Å². The predicted octanol–water partition coefficient (Wildman–Crippen LogP) is 2.17. The van der Waals surface area contributed by atoms with Gasteiger partial charge in [0.25, 0.3) is 0 Å². The van der Waals surface area contributed by atoms with Gasteiger partial charge < -0.3 is 4.84 Å². The first kappa shape index (κ1) is 11.5. The lowest BCUT2D eigenvalue weighted by atomic mass is 10.3. The summed E-state index contributed by atoms with van der Waals surface area (Å²) in [5.74, 6) is 0. The van der Waals surface area contributed by atoms with Crippen molar-refractivity contribution in [3.63, 3.8) is 0 Å². The first-order valence-electron chi connectivity index (χ1n) is 5.05. The molecule has 1 rings (SSSR count). The second-order valence-corrected chi connectivity index (χ2v) is 2.95. The standard InChI is InChI=1S/C11H16N2O2/c1-3-12-15-11(14)13(4-2)10-8-6-5-7-9-10/h5-9,12H,3-4H2,1-2H3. The zero-order valence-corrected chi connectivity index (χ0v) is 9.06. The molecule has 0 atom stereocenters.